The number of aromatic nitrogens is 1. The summed E-state index contributed by atoms with van der Waals surface area (Å²) in [6.07, 6.45) is 0.561. The van der Waals surface area contributed by atoms with E-state index in [4.69, 9.17) is 9.54 Å². The Kier molecular flexibility index (Phi) is 7.25. The highest BCUT2D eigenvalue weighted by Gasteiger charge is 2.27. The zero-order valence-corrected chi connectivity index (χ0v) is 19.6. The second kappa shape index (κ2) is 9.72. The fraction of sp³-hybridized carbons (Fsp3) is 0.304. The molecule has 0 saturated carbocycles. The highest BCUT2D eigenvalue weighted by atomic mass is 32.2. The van der Waals surface area contributed by atoms with Crippen LogP contribution in [0.25, 0.3) is 11.3 Å². The molecule has 2 unspecified atom stereocenters. The van der Waals surface area contributed by atoms with Gasteiger partial charge in [0.15, 0.2) is 0 Å². The first kappa shape index (κ1) is 23.1. The molecule has 0 radical (unpaired) electrons. The molecule has 2 atom stereocenters. The number of hydrogen-bond donors (Lipinski definition) is 3. The van der Waals surface area contributed by atoms with Crippen molar-refractivity contribution in [2.24, 2.45) is 5.41 Å². The Labute approximate surface area is 189 Å². The molecule has 8 heteroatoms. The number of nitrogens with one attached hydrogen (secondary N) is 2. The maximum absolute atomic E-state index is 12.8. The van der Waals surface area contributed by atoms with Crippen LogP contribution < -0.4 is 10.0 Å². The molecular formula is C23H27N3O3S2. The summed E-state index contributed by atoms with van der Waals surface area (Å²) < 4.78 is 22.3. The molecule has 1 aromatic heterocycles. The van der Waals surface area contributed by atoms with E-state index in [1.54, 1.807) is 23.5 Å². The van der Waals surface area contributed by atoms with Gasteiger partial charge in [-0.3, -0.25) is 14.1 Å². The second-order valence-corrected chi connectivity index (χ2v) is 10.3. The highest BCUT2D eigenvalue weighted by Crippen LogP contribution is 2.32. The Bertz CT molecular complexity index is 1060. The lowest BCUT2D eigenvalue weighted by atomic mass is 9.94. The Morgan fingerprint density at radius 3 is 2.35 bits per heavy atom. The van der Waals surface area contributed by atoms with Crippen LogP contribution in [0.15, 0.2) is 54.6 Å². The summed E-state index contributed by atoms with van der Waals surface area (Å²) in [6, 6.07) is 17.0. The topological polar surface area (TPSA) is 91.3 Å². The third-order valence-corrected chi connectivity index (χ3v) is 6.24. The van der Waals surface area contributed by atoms with E-state index in [1.165, 1.54) is 0 Å². The van der Waals surface area contributed by atoms with Gasteiger partial charge in [-0.2, -0.15) is 0 Å². The fourth-order valence-corrected chi connectivity index (χ4v) is 4.38. The van der Waals surface area contributed by atoms with Crippen LogP contribution in [0.2, 0.25) is 0 Å². The molecule has 3 N–H and O–H groups in total. The number of hydrogen-bond acceptors (Lipinski definition) is 4. The van der Waals surface area contributed by atoms with Crippen molar-refractivity contribution in [2.75, 3.05) is 4.72 Å². The lowest BCUT2D eigenvalue weighted by Gasteiger charge is -2.23. The van der Waals surface area contributed by atoms with Crippen LogP contribution in [0.5, 0.6) is 0 Å². The van der Waals surface area contributed by atoms with Gasteiger partial charge in [0.05, 0.1) is 11.7 Å². The quantitative estimate of drug-likeness (QED) is 0.430. The third kappa shape index (κ3) is 6.22. The Hall–Kier alpha value is -2.55. The molecular weight excluding hydrogens is 430 g/mol. The van der Waals surface area contributed by atoms with Gasteiger partial charge in [-0.25, -0.2) is 9.19 Å². The van der Waals surface area contributed by atoms with Crippen molar-refractivity contribution in [3.63, 3.8) is 0 Å². The predicted molar refractivity (Wildman–Crippen MR) is 127 cm³/mol. The van der Waals surface area contributed by atoms with Crippen LogP contribution >= 0.6 is 11.3 Å². The number of carbonyl (C=O) groups is 1. The lowest BCUT2D eigenvalue weighted by Crippen LogP contribution is -2.38. The minimum atomic E-state index is -2.11. The first-order chi connectivity index (χ1) is 14.6. The molecule has 0 aliphatic rings. The van der Waals surface area contributed by atoms with Crippen LogP contribution in [0.3, 0.4) is 0 Å². The van der Waals surface area contributed by atoms with Crippen molar-refractivity contribution in [2.45, 2.75) is 40.2 Å². The summed E-state index contributed by atoms with van der Waals surface area (Å²) in [6.45, 7) is 7.70. The summed E-state index contributed by atoms with van der Waals surface area (Å²) in [5, 5.41) is 4.02. The number of thiazole rings is 1. The van der Waals surface area contributed by atoms with Gasteiger partial charge in [0.2, 0.25) is 5.91 Å². The first-order valence-corrected chi connectivity index (χ1v) is 11.9. The minimum absolute atomic E-state index is 0.0411. The van der Waals surface area contributed by atoms with Gasteiger partial charge < -0.3 is 5.32 Å². The number of anilines is 1. The van der Waals surface area contributed by atoms with Crippen LogP contribution in [-0.4, -0.2) is 19.7 Å². The van der Waals surface area contributed by atoms with E-state index < -0.39 is 16.7 Å². The number of amides is 1. The van der Waals surface area contributed by atoms with Crippen molar-refractivity contribution in [1.29, 1.82) is 0 Å². The van der Waals surface area contributed by atoms with Gasteiger partial charge in [0.1, 0.15) is 5.01 Å². The average Bonchev–Trinajstić information content (AvgIpc) is 3.10. The zero-order valence-electron chi connectivity index (χ0n) is 18.0. The largest absolute Gasteiger partial charge is 0.346 e. The van der Waals surface area contributed by atoms with Gasteiger partial charge in [0.25, 0.3) is 11.3 Å². The lowest BCUT2D eigenvalue weighted by molar-refractivity contribution is -0.129. The molecule has 164 valence electrons. The SMILES string of the molecule is Cc1sc(C(Cc2ccc(NS(=O)O)cc2)NC(=O)C(C)(C)C)nc1-c1ccccc1. The Morgan fingerprint density at radius 1 is 1.13 bits per heavy atom. The van der Waals surface area contributed by atoms with Crippen molar-refractivity contribution < 1.29 is 13.6 Å². The molecule has 0 aliphatic heterocycles. The second-order valence-electron chi connectivity index (χ2n) is 8.35. The fourth-order valence-electron chi connectivity index (χ4n) is 3.05. The third-order valence-electron chi connectivity index (χ3n) is 4.74. The van der Waals surface area contributed by atoms with Crippen molar-refractivity contribution in [3.8, 4) is 11.3 Å². The molecule has 3 aromatic rings. The van der Waals surface area contributed by atoms with Crippen LogP contribution in [0.1, 0.15) is 42.3 Å². The molecule has 0 fully saturated rings. The summed E-state index contributed by atoms with van der Waals surface area (Å²) in [5.74, 6) is -0.0411. The van der Waals surface area contributed by atoms with Crippen molar-refractivity contribution in [1.82, 2.24) is 10.3 Å². The molecule has 0 aliphatic carbocycles. The van der Waals surface area contributed by atoms with Gasteiger partial charge in [-0.05, 0) is 31.0 Å². The van der Waals surface area contributed by atoms with E-state index in [-0.39, 0.29) is 11.9 Å². The van der Waals surface area contributed by atoms with E-state index in [0.29, 0.717) is 12.1 Å². The normalized spacial score (nSPS) is 13.5. The highest BCUT2D eigenvalue weighted by molar-refractivity contribution is 7.80. The molecule has 6 nitrogen and oxygen atoms in total. The zero-order chi connectivity index (χ0) is 22.6. The number of carbonyl (C=O) groups excluding carboxylic acids is 1. The maximum atomic E-state index is 12.8. The van der Waals surface area contributed by atoms with Crippen LogP contribution in [0.4, 0.5) is 5.69 Å². The van der Waals surface area contributed by atoms with Gasteiger partial charge in [-0.15, -0.1) is 11.3 Å². The van der Waals surface area contributed by atoms with Gasteiger partial charge >= 0.3 is 0 Å². The van der Waals surface area contributed by atoms with Crippen LogP contribution in [-0.2, 0) is 22.5 Å². The van der Waals surface area contributed by atoms with E-state index in [0.717, 1.165) is 26.7 Å². The molecule has 0 spiro atoms. The van der Waals surface area contributed by atoms with E-state index in [1.807, 2.05) is 70.2 Å². The number of nitrogens with zero attached hydrogens (tertiary/aromatic N) is 1. The summed E-state index contributed by atoms with van der Waals surface area (Å²) in [5.41, 5.74) is 3.00. The molecule has 3 rings (SSSR count). The summed E-state index contributed by atoms with van der Waals surface area (Å²) in [4.78, 5) is 18.8. The molecule has 0 bridgehead atoms. The smallest absolute Gasteiger partial charge is 0.259 e. The van der Waals surface area contributed by atoms with E-state index >= 15 is 0 Å². The minimum Gasteiger partial charge on any atom is -0.346 e. The van der Waals surface area contributed by atoms with Crippen LogP contribution in [0, 0.1) is 12.3 Å². The molecule has 2 aromatic carbocycles. The predicted octanol–water partition coefficient (Wildman–Crippen LogP) is 5.11. The Balaban J connectivity index is 1.90. The molecule has 1 amide bonds. The Morgan fingerprint density at radius 2 is 1.77 bits per heavy atom. The maximum Gasteiger partial charge on any atom is 0.259 e. The summed E-state index contributed by atoms with van der Waals surface area (Å²) in [7, 11) is 0. The van der Waals surface area contributed by atoms with Crippen molar-refractivity contribution >= 4 is 34.2 Å². The number of rotatable bonds is 7. The van der Waals surface area contributed by atoms with Crippen molar-refractivity contribution in [3.05, 3.63) is 70.0 Å². The number of benzene rings is 2. The molecule has 31 heavy (non-hydrogen) atoms. The average molecular weight is 458 g/mol. The van der Waals surface area contributed by atoms with Gasteiger partial charge in [-0.1, -0.05) is 63.2 Å². The van der Waals surface area contributed by atoms with E-state index in [2.05, 4.69) is 10.0 Å². The van der Waals surface area contributed by atoms with Gasteiger partial charge in [0, 0.05) is 21.5 Å². The molecule has 1 heterocycles. The van der Waals surface area contributed by atoms with E-state index in [9.17, 15) is 9.00 Å². The standard InChI is InChI=1S/C23H27N3O3S2/c1-15-20(17-8-6-5-7-9-17)25-21(30-15)19(24-22(27)23(2,3)4)14-16-10-12-18(13-11-16)26-31(28)29/h5-13,19,26H,14H2,1-4H3,(H,24,27)(H,28,29). The molecule has 0 saturated heterocycles. The first-order valence-electron chi connectivity index (χ1n) is 9.93. The monoisotopic (exact) mass is 457 g/mol. The summed E-state index contributed by atoms with van der Waals surface area (Å²) >= 11 is -0.526. The number of aryl methyl sites for hydroxylation is 1.